The van der Waals surface area contributed by atoms with E-state index in [-0.39, 0.29) is 0 Å². The summed E-state index contributed by atoms with van der Waals surface area (Å²) in [6.45, 7) is 5.77. The van der Waals surface area contributed by atoms with Crippen molar-refractivity contribution in [1.29, 1.82) is 0 Å². The molecule has 0 fully saturated rings. The van der Waals surface area contributed by atoms with Crippen molar-refractivity contribution < 1.29 is 4.74 Å². The summed E-state index contributed by atoms with van der Waals surface area (Å²) in [5.74, 6) is 0.942. The van der Waals surface area contributed by atoms with Gasteiger partial charge in [0.1, 0.15) is 5.75 Å². The van der Waals surface area contributed by atoms with E-state index in [0.717, 1.165) is 31.0 Å². The molecule has 0 radical (unpaired) electrons. The summed E-state index contributed by atoms with van der Waals surface area (Å²) in [5, 5.41) is 3.44. The monoisotopic (exact) mass is 258 g/mol. The number of anilines is 1. The van der Waals surface area contributed by atoms with Crippen LogP contribution in [0.2, 0.25) is 0 Å². The molecule has 1 aromatic carbocycles. The first-order chi connectivity index (χ1) is 9.19. The summed E-state index contributed by atoms with van der Waals surface area (Å²) < 4.78 is 7.85. The van der Waals surface area contributed by atoms with Gasteiger partial charge in [-0.25, -0.2) is 0 Å². The predicted octanol–water partition coefficient (Wildman–Crippen LogP) is 3.73. The number of rotatable bonds is 6. The Morgan fingerprint density at radius 1 is 1.26 bits per heavy atom. The van der Waals surface area contributed by atoms with Crippen molar-refractivity contribution in [2.45, 2.75) is 26.8 Å². The Balaban J connectivity index is 2.05. The number of nitrogens with one attached hydrogen (secondary N) is 1. The van der Waals surface area contributed by atoms with Crippen molar-refractivity contribution in [2.75, 3.05) is 11.9 Å². The van der Waals surface area contributed by atoms with Crippen LogP contribution in [-0.4, -0.2) is 11.2 Å². The van der Waals surface area contributed by atoms with Gasteiger partial charge < -0.3 is 14.6 Å². The van der Waals surface area contributed by atoms with Gasteiger partial charge in [-0.15, -0.1) is 0 Å². The second kappa shape index (κ2) is 6.32. The molecule has 1 heterocycles. The molecule has 0 bridgehead atoms. The maximum Gasteiger partial charge on any atom is 0.142 e. The third-order valence-corrected chi connectivity index (χ3v) is 2.97. The first-order valence-electron chi connectivity index (χ1n) is 6.77. The van der Waals surface area contributed by atoms with Crippen LogP contribution >= 0.6 is 0 Å². The fourth-order valence-corrected chi connectivity index (χ4v) is 1.97. The largest absolute Gasteiger partial charge is 0.491 e. The van der Waals surface area contributed by atoms with Crippen LogP contribution in [0.1, 0.15) is 24.5 Å². The zero-order chi connectivity index (χ0) is 13.7. The quantitative estimate of drug-likeness (QED) is 0.854. The molecule has 19 heavy (non-hydrogen) atoms. The van der Waals surface area contributed by atoms with E-state index in [1.54, 1.807) is 0 Å². The van der Waals surface area contributed by atoms with E-state index in [9.17, 15) is 0 Å². The van der Waals surface area contributed by atoms with E-state index < -0.39 is 0 Å². The van der Waals surface area contributed by atoms with Gasteiger partial charge >= 0.3 is 0 Å². The molecule has 102 valence electrons. The van der Waals surface area contributed by atoms with Gasteiger partial charge in [-0.05, 0) is 42.7 Å². The van der Waals surface area contributed by atoms with E-state index in [4.69, 9.17) is 4.74 Å². The van der Waals surface area contributed by atoms with E-state index in [1.165, 1.54) is 11.1 Å². The Kier molecular flexibility index (Phi) is 4.50. The van der Waals surface area contributed by atoms with Crippen molar-refractivity contribution >= 4 is 5.69 Å². The van der Waals surface area contributed by atoms with Gasteiger partial charge in [0.05, 0.1) is 12.3 Å². The molecule has 3 nitrogen and oxygen atoms in total. The standard InChI is InChI=1S/C16H22N2O/c1-4-9-19-16-10-13(2)5-6-15(16)17-11-14-7-8-18(3)12-14/h5-8,10,12,17H,4,9,11H2,1-3H3. The number of aryl methyl sites for hydroxylation is 2. The van der Waals surface area contributed by atoms with Crippen LogP contribution in [0.3, 0.4) is 0 Å². The van der Waals surface area contributed by atoms with E-state index in [2.05, 4.69) is 60.4 Å². The SMILES string of the molecule is CCCOc1cc(C)ccc1NCc1ccn(C)c1. The molecule has 0 aliphatic carbocycles. The molecule has 0 aliphatic heterocycles. The van der Waals surface area contributed by atoms with Crippen LogP contribution in [0.4, 0.5) is 5.69 Å². The molecule has 0 spiro atoms. The summed E-state index contributed by atoms with van der Waals surface area (Å²) in [6.07, 6.45) is 5.19. The molecule has 3 heteroatoms. The Morgan fingerprint density at radius 2 is 2.11 bits per heavy atom. The van der Waals surface area contributed by atoms with Crippen LogP contribution in [0.5, 0.6) is 5.75 Å². The van der Waals surface area contributed by atoms with Gasteiger partial charge in [0, 0.05) is 26.0 Å². The predicted molar refractivity (Wildman–Crippen MR) is 79.7 cm³/mol. The molecular weight excluding hydrogens is 236 g/mol. The van der Waals surface area contributed by atoms with Crippen LogP contribution in [0.25, 0.3) is 0 Å². The lowest BCUT2D eigenvalue weighted by Gasteiger charge is -2.13. The normalized spacial score (nSPS) is 10.5. The van der Waals surface area contributed by atoms with Crippen molar-refractivity contribution in [3.05, 3.63) is 47.8 Å². The fourth-order valence-electron chi connectivity index (χ4n) is 1.97. The minimum Gasteiger partial charge on any atom is -0.491 e. The Bertz CT molecular complexity index is 531. The topological polar surface area (TPSA) is 26.2 Å². The molecule has 0 amide bonds. The average molecular weight is 258 g/mol. The summed E-state index contributed by atoms with van der Waals surface area (Å²) >= 11 is 0. The molecule has 1 aromatic heterocycles. The minimum absolute atomic E-state index is 0.753. The first kappa shape index (κ1) is 13.5. The van der Waals surface area contributed by atoms with Crippen LogP contribution in [0, 0.1) is 6.92 Å². The Morgan fingerprint density at radius 3 is 2.79 bits per heavy atom. The summed E-state index contributed by atoms with van der Waals surface area (Å²) in [5.41, 5.74) is 3.55. The van der Waals surface area contributed by atoms with Gasteiger partial charge in [0.15, 0.2) is 0 Å². The lowest BCUT2D eigenvalue weighted by molar-refractivity contribution is 0.318. The Labute approximate surface area is 115 Å². The van der Waals surface area contributed by atoms with Crippen LogP contribution < -0.4 is 10.1 Å². The van der Waals surface area contributed by atoms with Crippen molar-refractivity contribution in [2.24, 2.45) is 7.05 Å². The number of hydrogen-bond acceptors (Lipinski definition) is 2. The number of aromatic nitrogens is 1. The van der Waals surface area contributed by atoms with E-state index in [0.29, 0.717) is 0 Å². The summed E-state index contributed by atoms with van der Waals surface area (Å²) in [6, 6.07) is 8.39. The van der Waals surface area contributed by atoms with Gasteiger partial charge in [-0.1, -0.05) is 13.0 Å². The molecule has 2 rings (SSSR count). The summed E-state index contributed by atoms with van der Waals surface area (Å²) in [4.78, 5) is 0. The van der Waals surface area contributed by atoms with Gasteiger partial charge in [-0.2, -0.15) is 0 Å². The minimum atomic E-state index is 0.753. The number of ether oxygens (including phenoxy) is 1. The third-order valence-electron chi connectivity index (χ3n) is 2.97. The lowest BCUT2D eigenvalue weighted by atomic mass is 10.2. The van der Waals surface area contributed by atoms with Crippen LogP contribution in [0.15, 0.2) is 36.7 Å². The average Bonchev–Trinajstić information content (AvgIpc) is 2.81. The maximum absolute atomic E-state index is 5.79. The molecule has 1 N–H and O–H groups in total. The number of benzene rings is 1. The number of hydrogen-bond donors (Lipinski definition) is 1. The van der Waals surface area contributed by atoms with Gasteiger partial charge in [0.2, 0.25) is 0 Å². The molecule has 0 aliphatic rings. The first-order valence-corrected chi connectivity index (χ1v) is 6.77. The molecular formula is C16H22N2O. The number of nitrogens with zero attached hydrogens (tertiary/aromatic N) is 1. The second-order valence-corrected chi connectivity index (χ2v) is 4.89. The zero-order valence-electron chi connectivity index (χ0n) is 11.9. The zero-order valence-corrected chi connectivity index (χ0v) is 11.9. The van der Waals surface area contributed by atoms with Crippen molar-refractivity contribution in [3.63, 3.8) is 0 Å². The van der Waals surface area contributed by atoms with Gasteiger partial charge in [0.25, 0.3) is 0 Å². The molecule has 0 atom stereocenters. The fraction of sp³-hybridized carbons (Fsp3) is 0.375. The highest BCUT2D eigenvalue weighted by Crippen LogP contribution is 2.26. The smallest absolute Gasteiger partial charge is 0.142 e. The van der Waals surface area contributed by atoms with Crippen LogP contribution in [-0.2, 0) is 13.6 Å². The van der Waals surface area contributed by atoms with E-state index in [1.807, 2.05) is 7.05 Å². The molecule has 2 aromatic rings. The van der Waals surface area contributed by atoms with Gasteiger partial charge in [-0.3, -0.25) is 0 Å². The van der Waals surface area contributed by atoms with E-state index >= 15 is 0 Å². The highest BCUT2D eigenvalue weighted by atomic mass is 16.5. The van der Waals surface area contributed by atoms with Crippen molar-refractivity contribution in [3.8, 4) is 5.75 Å². The summed E-state index contributed by atoms with van der Waals surface area (Å²) in [7, 11) is 2.03. The Hall–Kier alpha value is -1.90. The highest BCUT2D eigenvalue weighted by Gasteiger charge is 2.04. The third kappa shape index (κ3) is 3.78. The lowest BCUT2D eigenvalue weighted by Crippen LogP contribution is -2.03. The second-order valence-electron chi connectivity index (χ2n) is 4.89. The molecule has 0 saturated carbocycles. The highest BCUT2D eigenvalue weighted by molar-refractivity contribution is 5.57. The molecule has 0 unspecified atom stereocenters. The molecule has 0 saturated heterocycles. The van der Waals surface area contributed by atoms with Crippen molar-refractivity contribution in [1.82, 2.24) is 4.57 Å². The maximum atomic E-state index is 5.79.